The van der Waals surface area contributed by atoms with Crippen LogP contribution in [0.2, 0.25) is 0 Å². The predicted octanol–water partition coefficient (Wildman–Crippen LogP) is 1.40. The van der Waals surface area contributed by atoms with Crippen molar-refractivity contribution in [3.05, 3.63) is 29.8 Å². The first kappa shape index (κ1) is 15.3. The average Bonchev–Trinajstić information content (AvgIpc) is 2.44. The number of hydrogen-bond donors (Lipinski definition) is 2. The number of hydrazine groups is 1. The van der Waals surface area contributed by atoms with Crippen molar-refractivity contribution in [1.82, 2.24) is 10.3 Å². The van der Waals surface area contributed by atoms with Crippen LogP contribution in [0.4, 0.5) is 0 Å². The molecule has 0 saturated carbocycles. The maximum atomic E-state index is 5.50. The van der Waals surface area contributed by atoms with Gasteiger partial charge in [-0.05, 0) is 31.9 Å². The van der Waals surface area contributed by atoms with E-state index < -0.39 is 0 Å². The Hall–Kier alpha value is -1.75. The third kappa shape index (κ3) is 4.13. The fraction of sp³-hybridized carbons (Fsp3) is 0.500. The van der Waals surface area contributed by atoms with Gasteiger partial charge in [0.1, 0.15) is 5.75 Å². The third-order valence-electron chi connectivity index (χ3n) is 3.14. The number of rotatable bonds is 5. The number of ether oxygens (including phenoxy) is 1. The van der Waals surface area contributed by atoms with Gasteiger partial charge < -0.3 is 9.64 Å². The molecule has 0 aliphatic rings. The first-order valence-corrected chi connectivity index (χ1v) is 6.49. The van der Waals surface area contributed by atoms with Gasteiger partial charge in [-0.3, -0.25) is 10.4 Å². The summed E-state index contributed by atoms with van der Waals surface area (Å²) in [6, 6.07) is 8.31. The summed E-state index contributed by atoms with van der Waals surface area (Å²) in [5.74, 6) is 7.11. The van der Waals surface area contributed by atoms with Crippen LogP contribution in [-0.2, 0) is 6.42 Å². The molecule has 0 aliphatic carbocycles. The number of aliphatic imine (C=N–C) groups is 1. The highest BCUT2D eigenvalue weighted by atomic mass is 16.5. The Kier molecular flexibility index (Phi) is 6.15. The minimum Gasteiger partial charge on any atom is -0.496 e. The number of benzene rings is 1. The van der Waals surface area contributed by atoms with E-state index >= 15 is 0 Å². The first-order valence-electron chi connectivity index (χ1n) is 6.49. The second-order valence-electron chi connectivity index (χ2n) is 4.42. The summed E-state index contributed by atoms with van der Waals surface area (Å²) in [5.41, 5.74) is 3.82. The second-order valence-corrected chi connectivity index (χ2v) is 4.42. The van der Waals surface area contributed by atoms with Crippen LogP contribution in [0, 0.1) is 0 Å². The average molecular weight is 264 g/mol. The maximum absolute atomic E-state index is 5.50. The molecule has 5 heteroatoms. The van der Waals surface area contributed by atoms with E-state index in [1.54, 1.807) is 7.11 Å². The molecular weight excluding hydrogens is 240 g/mol. The molecule has 0 spiro atoms. The van der Waals surface area contributed by atoms with Crippen LogP contribution in [0.15, 0.2) is 29.3 Å². The van der Waals surface area contributed by atoms with Crippen LogP contribution >= 0.6 is 0 Å². The summed E-state index contributed by atoms with van der Waals surface area (Å²) in [6.45, 7) is 4.82. The lowest BCUT2D eigenvalue weighted by atomic mass is 10.1. The van der Waals surface area contributed by atoms with Gasteiger partial charge in [-0.25, -0.2) is 5.84 Å². The van der Waals surface area contributed by atoms with Crippen LogP contribution in [0.1, 0.15) is 19.4 Å². The molecular formula is C14H24N4O. The van der Waals surface area contributed by atoms with Crippen molar-refractivity contribution in [2.45, 2.75) is 26.3 Å². The summed E-state index contributed by atoms with van der Waals surface area (Å²) in [4.78, 5) is 6.36. The summed E-state index contributed by atoms with van der Waals surface area (Å²) in [7, 11) is 3.67. The fourth-order valence-corrected chi connectivity index (χ4v) is 1.94. The van der Waals surface area contributed by atoms with E-state index in [1.807, 2.05) is 37.1 Å². The van der Waals surface area contributed by atoms with E-state index in [0.717, 1.165) is 12.2 Å². The lowest BCUT2D eigenvalue weighted by molar-refractivity contribution is 0.363. The zero-order chi connectivity index (χ0) is 14.3. The van der Waals surface area contributed by atoms with Crippen LogP contribution < -0.4 is 16.0 Å². The third-order valence-corrected chi connectivity index (χ3v) is 3.14. The number of likely N-dealkylation sites (N-methyl/N-ethyl adjacent to an activating group) is 1. The molecule has 0 bridgehead atoms. The molecule has 0 saturated heterocycles. The zero-order valence-electron chi connectivity index (χ0n) is 12.2. The van der Waals surface area contributed by atoms with Gasteiger partial charge in [0.05, 0.1) is 7.11 Å². The number of guanidine groups is 1. The predicted molar refractivity (Wildman–Crippen MR) is 79.2 cm³/mol. The Morgan fingerprint density at radius 1 is 1.47 bits per heavy atom. The van der Waals surface area contributed by atoms with Gasteiger partial charge in [0.15, 0.2) is 0 Å². The fourth-order valence-electron chi connectivity index (χ4n) is 1.94. The molecule has 0 aliphatic heterocycles. The van der Waals surface area contributed by atoms with E-state index in [0.29, 0.717) is 12.5 Å². The van der Waals surface area contributed by atoms with Crippen molar-refractivity contribution in [2.75, 3.05) is 20.7 Å². The van der Waals surface area contributed by atoms with Gasteiger partial charge in [-0.1, -0.05) is 18.2 Å². The summed E-state index contributed by atoms with van der Waals surface area (Å²) >= 11 is 0. The standard InChI is InChI=1S/C14H24N4O/c1-5-16-14(17-15)18(3)11(2)10-12-8-6-7-9-13(12)19-4/h6-9,11H,5,10,15H2,1-4H3,(H,16,17). The number of nitrogens with one attached hydrogen (secondary N) is 1. The SMILES string of the molecule is CCN=C(NN)N(C)C(C)Cc1ccccc1OC. The molecule has 0 radical (unpaired) electrons. The molecule has 3 N–H and O–H groups in total. The van der Waals surface area contributed by atoms with Gasteiger partial charge in [0.2, 0.25) is 5.96 Å². The molecule has 1 aromatic carbocycles. The van der Waals surface area contributed by atoms with Crippen molar-refractivity contribution >= 4 is 5.96 Å². The lowest BCUT2D eigenvalue weighted by Gasteiger charge is -2.28. The molecule has 19 heavy (non-hydrogen) atoms. The van der Waals surface area contributed by atoms with Crippen molar-refractivity contribution in [2.24, 2.45) is 10.8 Å². The van der Waals surface area contributed by atoms with Crippen molar-refractivity contribution in [3.63, 3.8) is 0 Å². The van der Waals surface area contributed by atoms with E-state index in [1.165, 1.54) is 5.56 Å². The lowest BCUT2D eigenvalue weighted by Crippen LogP contribution is -2.47. The van der Waals surface area contributed by atoms with E-state index in [2.05, 4.69) is 23.4 Å². The van der Waals surface area contributed by atoms with E-state index in [9.17, 15) is 0 Å². The minimum atomic E-state index is 0.262. The van der Waals surface area contributed by atoms with Crippen molar-refractivity contribution in [1.29, 1.82) is 0 Å². The van der Waals surface area contributed by atoms with Crippen LogP contribution in [0.3, 0.4) is 0 Å². The molecule has 1 unspecified atom stereocenters. The Bertz CT molecular complexity index is 420. The molecule has 0 heterocycles. The van der Waals surface area contributed by atoms with Crippen LogP contribution in [0.25, 0.3) is 0 Å². The molecule has 0 aromatic heterocycles. The topological polar surface area (TPSA) is 62.9 Å². The zero-order valence-corrected chi connectivity index (χ0v) is 12.2. The number of nitrogens with zero attached hydrogens (tertiary/aromatic N) is 2. The van der Waals surface area contributed by atoms with Gasteiger partial charge >= 0.3 is 0 Å². The van der Waals surface area contributed by atoms with Crippen molar-refractivity contribution in [3.8, 4) is 5.75 Å². The van der Waals surface area contributed by atoms with Gasteiger partial charge in [-0.2, -0.15) is 0 Å². The quantitative estimate of drug-likeness (QED) is 0.365. The highest BCUT2D eigenvalue weighted by Gasteiger charge is 2.15. The Balaban J connectivity index is 2.78. The van der Waals surface area contributed by atoms with Crippen LogP contribution in [-0.4, -0.2) is 37.6 Å². The first-order chi connectivity index (χ1) is 9.13. The van der Waals surface area contributed by atoms with Gasteiger partial charge in [0, 0.05) is 19.6 Å². The van der Waals surface area contributed by atoms with E-state index in [-0.39, 0.29) is 6.04 Å². The minimum absolute atomic E-state index is 0.262. The molecule has 5 nitrogen and oxygen atoms in total. The highest BCUT2D eigenvalue weighted by molar-refractivity contribution is 5.79. The summed E-state index contributed by atoms with van der Waals surface area (Å²) < 4.78 is 5.37. The second kappa shape index (κ2) is 7.63. The molecule has 106 valence electrons. The number of methoxy groups -OCH3 is 1. The van der Waals surface area contributed by atoms with Crippen molar-refractivity contribution < 1.29 is 4.74 Å². The smallest absolute Gasteiger partial charge is 0.208 e. The Morgan fingerprint density at radius 2 is 2.16 bits per heavy atom. The Labute approximate surface area is 115 Å². The molecule has 1 rings (SSSR count). The molecule has 1 aromatic rings. The monoisotopic (exact) mass is 264 g/mol. The largest absolute Gasteiger partial charge is 0.496 e. The van der Waals surface area contributed by atoms with Gasteiger partial charge in [0.25, 0.3) is 0 Å². The number of para-hydroxylation sites is 1. The number of hydrogen-bond acceptors (Lipinski definition) is 3. The summed E-state index contributed by atoms with van der Waals surface area (Å²) in [6.07, 6.45) is 0.866. The Morgan fingerprint density at radius 3 is 2.74 bits per heavy atom. The van der Waals surface area contributed by atoms with E-state index in [4.69, 9.17) is 10.6 Å². The normalized spacial score (nSPS) is 13.0. The number of nitrogens with two attached hydrogens (primary N) is 1. The van der Waals surface area contributed by atoms with Crippen LogP contribution in [0.5, 0.6) is 5.75 Å². The highest BCUT2D eigenvalue weighted by Crippen LogP contribution is 2.20. The molecule has 1 atom stereocenters. The molecule has 0 amide bonds. The summed E-state index contributed by atoms with van der Waals surface area (Å²) in [5, 5.41) is 0. The molecule has 0 fully saturated rings. The van der Waals surface area contributed by atoms with Gasteiger partial charge in [-0.15, -0.1) is 0 Å². The maximum Gasteiger partial charge on any atom is 0.208 e.